The number of hydrogen-bond donors (Lipinski definition) is 2. The molecule has 2 N–H and O–H groups in total. The molecule has 0 aliphatic carbocycles. The van der Waals surface area contributed by atoms with Crippen molar-refractivity contribution in [1.82, 2.24) is 10.9 Å². The Labute approximate surface area is 168 Å². The van der Waals surface area contributed by atoms with Gasteiger partial charge in [0.25, 0.3) is 5.91 Å². The van der Waals surface area contributed by atoms with Gasteiger partial charge in [0.15, 0.2) is 6.10 Å². The molecule has 8 heteroatoms. The summed E-state index contributed by atoms with van der Waals surface area (Å²) in [6, 6.07) is 11.9. The predicted octanol–water partition coefficient (Wildman–Crippen LogP) is 2.90. The average molecular weight is 407 g/mol. The molecule has 2 rings (SSSR count). The van der Waals surface area contributed by atoms with Crippen LogP contribution in [0.5, 0.6) is 17.2 Å². The molecule has 2 amide bonds. The quantitative estimate of drug-likeness (QED) is 0.658. The Bertz CT molecular complexity index is 811. The molecular formula is C20H23ClN2O5. The van der Waals surface area contributed by atoms with E-state index in [-0.39, 0.29) is 6.42 Å². The molecule has 0 aromatic heterocycles. The van der Waals surface area contributed by atoms with Gasteiger partial charge in [-0.05, 0) is 56.3 Å². The lowest BCUT2D eigenvalue weighted by atomic mass is 10.1. The summed E-state index contributed by atoms with van der Waals surface area (Å²) in [6.45, 7) is 4.05. The maximum atomic E-state index is 12.1. The lowest BCUT2D eigenvalue weighted by Crippen LogP contribution is -2.47. The minimum atomic E-state index is -0.807. The van der Waals surface area contributed by atoms with Crippen LogP contribution < -0.4 is 25.1 Å². The van der Waals surface area contributed by atoms with E-state index in [0.717, 1.165) is 5.75 Å². The maximum absolute atomic E-state index is 12.1. The first kappa shape index (κ1) is 21.4. The fraction of sp³-hybridized carbons (Fsp3) is 0.300. The third-order valence-corrected chi connectivity index (χ3v) is 3.97. The van der Waals surface area contributed by atoms with E-state index in [4.69, 9.17) is 25.8 Å². The molecule has 2 aromatic carbocycles. The number of ether oxygens (including phenoxy) is 3. The first-order chi connectivity index (χ1) is 13.4. The van der Waals surface area contributed by atoms with Crippen LogP contribution in [0.3, 0.4) is 0 Å². The summed E-state index contributed by atoms with van der Waals surface area (Å²) in [5, 5.41) is 0.491. The van der Waals surface area contributed by atoms with Crippen LogP contribution >= 0.6 is 11.6 Å². The molecule has 0 fully saturated rings. The molecule has 0 unspecified atom stereocenters. The first-order valence-corrected chi connectivity index (χ1v) is 9.11. The minimum Gasteiger partial charge on any atom is -0.496 e. The highest BCUT2D eigenvalue weighted by atomic mass is 35.5. The van der Waals surface area contributed by atoms with Crippen molar-refractivity contribution >= 4 is 23.4 Å². The number of halogens is 1. The molecule has 0 radical (unpaired) electrons. The van der Waals surface area contributed by atoms with Gasteiger partial charge in [-0.3, -0.25) is 20.4 Å². The van der Waals surface area contributed by atoms with Gasteiger partial charge in [-0.15, -0.1) is 0 Å². The number of amides is 2. The molecule has 0 aliphatic heterocycles. The van der Waals surface area contributed by atoms with Crippen molar-refractivity contribution in [2.75, 3.05) is 13.7 Å². The SMILES string of the molecule is CCOc1ccc(O[C@@H](C)C(=O)NNC(=O)Cc2cc(Cl)ccc2OC)cc1. The van der Waals surface area contributed by atoms with Crippen LogP contribution in [0.15, 0.2) is 42.5 Å². The van der Waals surface area contributed by atoms with Crippen LogP contribution in [0.25, 0.3) is 0 Å². The van der Waals surface area contributed by atoms with Gasteiger partial charge in [0.1, 0.15) is 17.2 Å². The molecule has 28 heavy (non-hydrogen) atoms. The van der Waals surface area contributed by atoms with Crippen molar-refractivity contribution in [1.29, 1.82) is 0 Å². The van der Waals surface area contributed by atoms with Gasteiger partial charge >= 0.3 is 0 Å². The summed E-state index contributed by atoms with van der Waals surface area (Å²) < 4.78 is 16.1. The van der Waals surface area contributed by atoms with Crippen LogP contribution in [0, 0.1) is 0 Å². The summed E-state index contributed by atoms with van der Waals surface area (Å²) >= 11 is 5.95. The van der Waals surface area contributed by atoms with E-state index in [1.165, 1.54) is 7.11 Å². The van der Waals surface area contributed by atoms with Crippen molar-refractivity contribution in [3.8, 4) is 17.2 Å². The van der Waals surface area contributed by atoms with E-state index in [1.54, 1.807) is 49.4 Å². The van der Waals surface area contributed by atoms with Gasteiger partial charge in [0.2, 0.25) is 5.91 Å². The number of carbonyl (C=O) groups is 2. The monoisotopic (exact) mass is 406 g/mol. The lowest BCUT2D eigenvalue weighted by molar-refractivity contribution is -0.132. The third-order valence-electron chi connectivity index (χ3n) is 3.74. The molecule has 0 bridgehead atoms. The zero-order chi connectivity index (χ0) is 20.5. The summed E-state index contributed by atoms with van der Waals surface area (Å²) in [5.41, 5.74) is 5.31. The third kappa shape index (κ3) is 6.35. The zero-order valence-corrected chi connectivity index (χ0v) is 16.7. The van der Waals surface area contributed by atoms with Crippen LogP contribution in [-0.4, -0.2) is 31.6 Å². The van der Waals surface area contributed by atoms with Gasteiger partial charge in [-0.2, -0.15) is 0 Å². The number of methoxy groups -OCH3 is 1. The van der Waals surface area contributed by atoms with Gasteiger partial charge in [-0.1, -0.05) is 11.6 Å². The Morgan fingerprint density at radius 1 is 1.07 bits per heavy atom. The predicted molar refractivity (Wildman–Crippen MR) is 106 cm³/mol. The zero-order valence-electron chi connectivity index (χ0n) is 16.0. The summed E-state index contributed by atoms with van der Waals surface area (Å²) in [7, 11) is 1.51. The molecule has 0 saturated heterocycles. The second-order valence-corrected chi connectivity index (χ2v) is 6.27. The summed E-state index contributed by atoms with van der Waals surface area (Å²) in [5.74, 6) is 0.873. The lowest BCUT2D eigenvalue weighted by Gasteiger charge is -2.16. The normalized spacial score (nSPS) is 11.3. The highest BCUT2D eigenvalue weighted by molar-refractivity contribution is 6.30. The number of rotatable bonds is 8. The molecule has 2 aromatic rings. The van der Waals surface area contributed by atoms with Crippen molar-refractivity contribution < 1.29 is 23.8 Å². The van der Waals surface area contributed by atoms with Gasteiger partial charge in [0, 0.05) is 10.6 Å². The fourth-order valence-electron chi connectivity index (χ4n) is 2.37. The number of carbonyl (C=O) groups excluding carboxylic acids is 2. The Morgan fingerprint density at radius 3 is 2.39 bits per heavy atom. The molecule has 150 valence electrons. The van der Waals surface area contributed by atoms with Gasteiger partial charge in [-0.25, -0.2) is 0 Å². The molecule has 0 heterocycles. The Hall–Kier alpha value is -2.93. The van der Waals surface area contributed by atoms with E-state index in [2.05, 4.69) is 10.9 Å². The average Bonchev–Trinajstić information content (AvgIpc) is 2.68. The van der Waals surface area contributed by atoms with Crippen LogP contribution in [0.2, 0.25) is 5.02 Å². The number of benzene rings is 2. The topological polar surface area (TPSA) is 85.9 Å². The second kappa shape index (κ2) is 10.4. The standard InChI is InChI=1S/C20H23ClN2O5/c1-4-27-16-6-8-17(9-7-16)28-13(2)20(25)23-22-19(24)12-14-11-15(21)5-10-18(14)26-3/h5-11,13H,4,12H2,1-3H3,(H,22,24)(H,23,25)/t13-/m0/s1. The molecule has 0 spiro atoms. The Morgan fingerprint density at radius 2 is 1.75 bits per heavy atom. The van der Waals surface area contributed by atoms with Crippen molar-refractivity contribution in [3.63, 3.8) is 0 Å². The van der Waals surface area contributed by atoms with Gasteiger partial charge < -0.3 is 14.2 Å². The molecular weight excluding hydrogens is 384 g/mol. The second-order valence-electron chi connectivity index (χ2n) is 5.83. The fourth-order valence-corrected chi connectivity index (χ4v) is 2.57. The maximum Gasteiger partial charge on any atom is 0.279 e. The van der Waals surface area contributed by atoms with E-state index in [1.807, 2.05) is 6.92 Å². The largest absolute Gasteiger partial charge is 0.496 e. The Balaban J connectivity index is 1.83. The molecule has 7 nitrogen and oxygen atoms in total. The van der Waals surface area contributed by atoms with Crippen LogP contribution in [0.4, 0.5) is 0 Å². The number of hydrazine groups is 1. The summed E-state index contributed by atoms with van der Waals surface area (Å²) in [4.78, 5) is 24.2. The van der Waals surface area contributed by atoms with Crippen LogP contribution in [0.1, 0.15) is 19.4 Å². The number of hydrogen-bond acceptors (Lipinski definition) is 5. The van der Waals surface area contributed by atoms with Gasteiger partial charge in [0.05, 0.1) is 20.1 Å². The van der Waals surface area contributed by atoms with E-state index in [9.17, 15) is 9.59 Å². The summed E-state index contributed by atoms with van der Waals surface area (Å²) in [6.07, 6.45) is -0.808. The number of nitrogens with one attached hydrogen (secondary N) is 2. The van der Waals surface area contributed by atoms with Crippen molar-refractivity contribution in [3.05, 3.63) is 53.1 Å². The molecule has 0 aliphatic rings. The van der Waals surface area contributed by atoms with E-state index < -0.39 is 17.9 Å². The Kier molecular flexibility index (Phi) is 7.95. The highest BCUT2D eigenvalue weighted by Crippen LogP contribution is 2.23. The van der Waals surface area contributed by atoms with E-state index in [0.29, 0.717) is 28.7 Å². The van der Waals surface area contributed by atoms with Crippen LogP contribution in [-0.2, 0) is 16.0 Å². The van der Waals surface area contributed by atoms with Crippen molar-refractivity contribution in [2.24, 2.45) is 0 Å². The highest BCUT2D eigenvalue weighted by Gasteiger charge is 2.16. The smallest absolute Gasteiger partial charge is 0.279 e. The minimum absolute atomic E-state index is 0.00184. The molecule has 1 atom stereocenters. The first-order valence-electron chi connectivity index (χ1n) is 8.73. The van der Waals surface area contributed by atoms with E-state index >= 15 is 0 Å². The van der Waals surface area contributed by atoms with Crippen molar-refractivity contribution in [2.45, 2.75) is 26.4 Å². The molecule has 0 saturated carbocycles.